The lowest BCUT2D eigenvalue weighted by Crippen LogP contribution is -2.17. The monoisotopic (exact) mass is 396 g/mol. The van der Waals surface area contributed by atoms with Gasteiger partial charge in [0, 0.05) is 24.5 Å². The highest BCUT2D eigenvalue weighted by molar-refractivity contribution is 6.40. The van der Waals surface area contributed by atoms with E-state index in [0.717, 1.165) is 0 Å². The molecule has 136 valence electrons. The van der Waals surface area contributed by atoms with Crippen LogP contribution in [0.2, 0.25) is 10.0 Å². The van der Waals surface area contributed by atoms with Crippen LogP contribution in [-0.4, -0.2) is 23.0 Å². The third-order valence-electron chi connectivity index (χ3n) is 3.88. The number of anilines is 2. The van der Waals surface area contributed by atoms with Crippen molar-refractivity contribution in [3.8, 4) is 0 Å². The molecule has 0 bridgehead atoms. The van der Waals surface area contributed by atoms with Gasteiger partial charge in [0.25, 0.3) is 5.91 Å². The van der Waals surface area contributed by atoms with Crippen LogP contribution in [0.5, 0.6) is 0 Å². The maximum absolute atomic E-state index is 12.9. The molecule has 3 rings (SSSR count). The molecule has 2 atom stereocenters. The highest BCUT2D eigenvalue weighted by atomic mass is 35.5. The summed E-state index contributed by atoms with van der Waals surface area (Å²) in [5.74, 6) is -1.37. The number of pyridine rings is 1. The molecule has 0 spiro atoms. The van der Waals surface area contributed by atoms with Gasteiger partial charge in [-0.2, -0.15) is 0 Å². The van der Waals surface area contributed by atoms with Crippen molar-refractivity contribution in [1.82, 2.24) is 4.98 Å². The fourth-order valence-electron chi connectivity index (χ4n) is 2.38. The van der Waals surface area contributed by atoms with Crippen LogP contribution >= 0.6 is 23.2 Å². The second-order valence-electron chi connectivity index (χ2n) is 5.87. The Morgan fingerprint density at radius 3 is 2.46 bits per heavy atom. The molecule has 1 aliphatic carbocycles. The molecular formula is C17H15Cl2FN4O2. The number of hydrogen-bond donors (Lipinski definition) is 3. The third-order valence-corrected chi connectivity index (χ3v) is 4.48. The lowest BCUT2D eigenvalue weighted by molar-refractivity contribution is -0.117. The fourth-order valence-corrected chi connectivity index (χ4v) is 3.09. The van der Waals surface area contributed by atoms with E-state index >= 15 is 0 Å². The van der Waals surface area contributed by atoms with Crippen LogP contribution in [0.25, 0.3) is 0 Å². The van der Waals surface area contributed by atoms with Crippen LogP contribution < -0.4 is 16.4 Å². The summed E-state index contributed by atoms with van der Waals surface area (Å²) >= 11 is 12.2. The van der Waals surface area contributed by atoms with Crippen molar-refractivity contribution in [3.05, 3.63) is 51.6 Å². The lowest BCUT2D eigenvalue weighted by Gasteiger charge is -2.11. The molecular weight excluding hydrogens is 382 g/mol. The van der Waals surface area contributed by atoms with E-state index in [1.807, 2.05) is 0 Å². The maximum atomic E-state index is 12.9. The Bertz CT molecular complexity index is 855. The molecule has 0 saturated heterocycles. The molecule has 6 nitrogen and oxygen atoms in total. The van der Waals surface area contributed by atoms with Crippen LogP contribution in [0.1, 0.15) is 22.3 Å². The van der Waals surface area contributed by atoms with Gasteiger partial charge < -0.3 is 16.4 Å². The highest BCUT2D eigenvalue weighted by Gasteiger charge is 2.43. The average molecular weight is 397 g/mol. The van der Waals surface area contributed by atoms with E-state index in [4.69, 9.17) is 28.9 Å². The number of alkyl halides is 1. The first-order chi connectivity index (χ1) is 12.4. The summed E-state index contributed by atoms with van der Waals surface area (Å²) in [4.78, 5) is 28.2. The topological polar surface area (TPSA) is 97.1 Å². The molecule has 2 aromatic rings. The molecule has 1 saturated carbocycles. The van der Waals surface area contributed by atoms with E-state index in [9.17, 15) is 14.0 Å². The number of benzene rings is 1. The Kier molecular flexibility index (Phi) is 5.41. The number of carbonyl (C=O) groups is 2. The third kappa shape index (κ3) is 4.12. The predicted octanol–water partition coefficient (Wildman–Crippen LogP) is 3.40. The van der Waals surface area contributed by atoms with Crippen molar-refractivity contribution in [2.24, 2.45) is 11.7 Å². The number of hydrogen-bond acceptors (Lipinski definition) is 4. The van der Waals surface area contributed by atoms with Gasteiger partial charge in [-0.1, -0.05) is 23.2 Å². The van der Waals surface area contributed by atoms with Crippen LogP contribution in [0.3, 0.4) is 0 Å². The molecule has 2 amide bonds. The van der Waals surface area contributed by atoms with Gasteiger partial charge in [0.15, 0.2) is 0 Å². The van der Waals surface area contributed by atoms with Gasteiger partial charge in [0.1, 0.15) is 12.0 Å². The maximum Gasteiger partial charge on any atom is 0.258 e. The van der Waals surface area contributed by atoms with Crippen molar-refractivity contribution in [1.29, 1.82) is 0 Å². The van der Waals surface area contributed by atoms with Crippen molar-refractivity contribution in [2.45, 2.75) is 19.1 Å². The number of amides is 2. The summed E-state index contributed by atoms with van der Waals surface area (Å²) in [5.41, 5.74) is 6.75. The standard InChI is InChI=1S/C17H15Cl2FN4O2/c18-11-3-8(7-21)4-12(19)15(11)17(26)23-9-1-2-22-14(5-9)24-16(25)10-6-13(10)20/h1-5,10,13H,6-7,21H2,(H2,22,23,24,25,26). The fraction of sp³-hybridized carbons (Fsp3) is 0.235. The first kappa shape index (κ1) is 18.6. The van der Waals surface area contributed by atoms with Crippen LogP contribution in [-0.2, 0) is 11.3 Å². The molecule has 0 radical (unpaired) electrons. The van der Waals surface area contributed by atoms with Gasteiger partial charge in [0.2, 0.25) is 5.91 Å². The quantitative estimate of drug-likeness (QED) is 0.721. The van der Waals surface area contributed by atoms with Gasteiger partial charge in [-0.05, 0) is 30.2 Å². The molecule has 1 aromatic carbocycles. The minimum atomic E-state index is -1.10. The Balaban J connectivity index is 1.74. The average Bonchev–Trinajstić information content (AvgIpc) is 3.31. The second kappa shape index (κ2) is 7.57. The molecule has 9 heteroatoms. The van der Waals surface area contributed by atoms with Gasteiger partial charge >= 0.3 is 0 Å². The molecule has 26 heavy (non-hydrogen) atoms. The molecule has 1 aliphatic rings. The Hall–Kier alpha value is -2.22. The van der Waals surface area contributed by atoms with E-state index < -0.39 is 23.9 Å². The molecule has 2 unspecified atom stereocenters. The zero-order valence-electron chi connectivity index (χ0n) is 13.4. The summed E-state index contributed by atoms with van der Waals surface area (Å²) in [5, 5.41) is 5.52. The van der Waals surface area contributed by atoms with E-state index in [1.54, 1.807) is 18.2 Å². The van der Waals surface area contributed by atoms with Gasteiger partial charge in [0.05, 0.1) is 21.5 Å². The summed E-state index contributed by atoms with van der Waals surface area (Å²) < 4.78 is 12.9. The van der Waals surface area contributed by atoms with Crippen LogP contribution in [0.15, 0.2) is 30.5 Å². The summed E-state index contributed by atoms with van der Waals surface area (Å²) in [6, 6.07) is 6.15. The predicted molar refractivity (Wildman–Crippen MR) is 98.2 cm³/mol. The Morgan fingerprint density at radius 1 is 1.23 bits per heavy atom. The Morgan fingerprint density at radius 2 is 1.88 bits per heavy atom. The molecule has 1 aromatic heterocycles. The molecule has 1 heterocycles. The summed E-state index contributed by atoms with van der Waals surface area (Å²) in [6.07, 6.45) is 0.530. The number of carbonyl (C=O) groups excluding carboxylic acids is 2. The SMILES string of the molecule is NCc1cc(Cl)c(C(=O)Nc2ccnc(NC(=O)C3CC3F)c2)c(Cl)c1. The van der Waals surface area contributed by atoms with Crippen molar-refractivity contribution in [2.75, 3.05) is 10.6 Å². The smallest absolute Gasteiger partial charge is 0.258 e. The van der Waals surface area contributed by atoms with Crippen LogP contribution in [0.4, 0.5) is 15.9 Å². The van der Waals surface area contributed by atoms with Gasteiger partial charge in [-0.25, -0.2) is 9.37 Å². The largest absolute Gasteiger partial charge is 0.326 e. The second-order valence-corrected chi connectivity index (χ2v) is 6.68. The molecule has 4 N–H and O–H groups in total. The van der Waals surface area contributed by atoms with E-state index in [-0.39, 0.29) is 34.4 Å². The number of rotatable bonds is 5. The lowest BCUT2D eigenvalue weighted by atomic mass is 10.1. The first-order valence-corrected chi connectivity index (χ1v) is 8.55. The number of nitrogens with two attached hydrogens (primary N) is 1. The Labute approximate surface area is 158 Å². The number of halogens is 3. The van der Waals surface area contributed by atoms with E-state index in [1.165, 1.54) is 12.3 Å². The minimum Gasteiger partial charge on any atom is -0.326 e. The van der Waals surface area contributed by atoms with Crippen LogP contribution in [0, 0.1) is 5.92 Å². The normalized spacial score (nSPS) is 18.3. The van der Waals surface area contributed by atoms with E-state index in [2.05, 4.69) is 15.6 Å². The summed E-state index contributed by atoms with van der Waals surface area (Å²) in [6.45, 7) is 0.246. The van der Waals surface area contributed by atoms with E-state index in [0.29, 0.717) is 11.3 Å². The molecule has 1 fully saturated rings. The number of nitrogens with one attached hydrogen (secondary N) is 2. The first-order valence-electron chi connectivity index (χ1n) is 7.79. The minimum absolute atomic E-state index is 0.117. The van der Waals surface area contributed by atoms with Crippen molar-refractivity contribution >= 4 is 46.5 Å². The van der Waals surface area contributed by atoms with Gasteiger partial charge in [-0.3, -0.25) is 9.59 Å². The zero-order valence-corrected chi connectivity index (χ0v) is 14.9. The number of aromatic nitrogens is 1. The van der Waals surface area contributed by atoms with Gasteiger partial charge in [-0.15, -0.1) is 0 Å². The summed E-state index contributed by atoms with van der Waals surface area (Å²) in [7, 11) is 0. The van der Waals surface area contributed by atoms with Crippen molar-refractivity contribution < 1.29 is 14.0 Å². The zero-order chi connectivity index (χ0) is 18.8. The molecule has 0 aliphatic heterocycles. The van der Waals surface area contributed by atoms with Crippen molar-refractivity contribution in [3.63, 3.8) is 0 Å². The number of nitrogens with zero attached hydrogens (tertiary/aromatic N) is 1. The highest BCUT2D eigenvalue weighted by Crippen LogP contribution is 2.34.